The third-order valence-corrected chi connectivity index (χ3v) is 2.78. The predicted molar refractivity (Wildman–Crippen MR) is 57.0 cm³/mol. The lowest BCUT2D eigenvalue weighted by molar-refractivity contribution is 0.0948. The highest BCUT2D eigenvalue weighted by Crippen LogP contribution is 2.36. The molecule has 1 aliphatic heterocycles. The molecule has 1 N–H and O–H groups in total. The van der Waals surface area contributed by atoms with Gasteiger partial charge in [-0.3, -0.25) is 0 Å². The van der Waals surface area contributed by atoms with Crippen LogP contribution in [0.3, 0.4) is 0 Å². The molecule has 1 unspecified atom stereocenters. The summed E-state index contributed by atoms with van der Waals surface area (Å²) >= 11 is 0. The summed E-state index contributed by atoms with van der Waals surface area (Å²) in [5.74, 6) is -0.410. The molecule has 90 valence electrons. The first-order valence-electron chi connectivity index (χ1n) is 5.22. The zero-order valence-corrected chi connectivity index (χ0v) is 9.36. The van der Waals surface area contributed by atoms with Crippen molar-refractivity contribution in [1.29, 1.82) is 5.26 Å². The van der Waals surface area contributed by atoms with E-state index in [1.807, 2.05) is 0 Å². The van der Waals surface area contributed by atoms with Crippen molar-refractivity contribution in [1.82, 2.24) is 0 Å². The van der Waals surface area contributed by atoms with Crippen molar-refractivity contribution in [3.05, 3.63) is 28.6 Å². The molecular weight excluding hydrogens is 225 g/mol. The third kappa shape index (κ3) is 1.97. The molecule has 0 spiro atoms. The van der Waals surface area contributed by atoms with Crippen LogP contribution < -0.4 is 4.74 Å². The number of nitriles is 1. The Balaban J connectivity index is 2.46. The molecule has 17 heavy (non-hydrogen) atoms. The maximum atomic E-state index is 13.6. The topological polar surface area (TPSA) is 62.5 Å². The molecule has 0 saturated heterocycles. The van der Waals surface area contributed by atoms with Gasteiger partial charge in [0.15, 0.2) is 0 Å². The Morgan fingerprint density at radius 3 is 3.06 bits per heavy atom. The molecule has 5 heteroatoms. The number of methoxy groups -OCH3 is 1. The van der Waals surface area contributed by atoms with Crippen molar-refractivity contribution in [2.75, 3.05) is 13.7 Å². The Kier molecular flexibility index (Phi) is 3.27. The lowest BCUT2D eigenvalue weighted by Gasteiger charge is -2.09. The fourth-order valence-corrected chi connectivity index (χ4v) is 2.03. The highest BCUT2D eigenvalue weighted by atomic mass is 19.1. The summed E-state index contributed by atoms with van der Waals surface area (Å²) in [6.07, 6.45) is 0.294. The number of aliphatic hydroxyl groups is 1. The maximum absolute atomic E-state index is 13.6. The van der Waals surface area contributed by atoms with Crippen LogP contribution in [0, 0.1) is 17.1 Å². The normalized spacial score (nSPS) is 17.4. The highest BCUT2D eigenvalue weighted by molar-refractivity contribution is 5.55. The van der Waals surface area contributed by atoms with Crippen LogP contribution in [0.25, 0.3) is 0 Å². The molecule has 0 amide bonds. The largest absolute Gasteiger partial charge is 0.486 e. The van der Waals surface area contributed by atoms with Crippen molar-refractivity contribution in [3.8, 4) is 11.8 Å². The highest BCUT2D eigenvalue weighted by Gasteiger charge is 2.29. The van der Waals surface area contributed by atoms with E-state index < -0.39 is 5.82 Å². The van der Waals surface area contributed by atoms with Gasteiger partial charge in [0, 0.05) is 19.1 Å². The second-order valence-corrected chi connectivity index (χ2v) is 3.87. The molecule has 0 aromatic heterocycles. The second-order valence-electron chi connectivity index (χ2n) is 3.87. The van der Waals surface area contributed by atoms with Gasteiger partial charge in [0.25, 0.3) is 0 Å². The average molecular weight is 237 g/mol. The molecule has 1 aromatic rings. The summed E-state index contributed by atoms with van der Waals surface area (Å²) in [4.78, 5) is 0. The van der Waals surface area contributed by atoms with Gasteiger partial charge in [0.1, 0.15) is 29.3 Å². The average Bonchev–Trinajstić information content (AvgIpc) is 2.72. The molecular formula is C12H12FNO3. The minimum absolute atomic E-state index is 0.101. The van der Waals surface area contributed by atoms with Gasteiger partial charge in [-0.25, -0.2) is 4.39 Å². The van der Waals surface area contributed by atoms with Crippen LogP contribution in [-0.2, 0) is 17.8 Å². The summed E-state index contributed by atoms with van der Waals surface area (Å²) in [6.45, 7) is 0.0973. The van der Waals surface area contributed by atoms with Crippen molar-refractivity contribution < 1.29 is 19.0 Å². The van der Waals surface area contributed by atoms with Crippen molar-refractivity contribution >= 4 is 0 Å². The number of hydrogen-bond donors (Lipinski definition) is 1. The van der Waals surface area contributed by atoms with Crippen LogP contribution in [0.5, 0.6) is 5.75 Å². The zero-order valence-electron chi connectivity index (χ0n) is 9.36. The predicted octanol–water partition coefficient (Wildman–Crippen LogP) is 1.14. The summed E-state index contributed by atoms with van der Waals surface area (Å²) < 4.78 is 24.0. The Morgan fingerprint density at radius 2 is 2.47 bits per heavy atom. The Bertz CT molecular complexity index is 482. The van der Waals surface area contributed by atoms with E-state index in [1.54, 1.807) is 13.2 Å². The number of aliphatic hydroxyl groups excluding tert-OH is 1. The molecule has 1 aliphatic rings. The lowest BCUT2D eigenvalue weighted by atomic mass is 10.00. The van der Waals surface area contributed by atoms with Gasteiger partial charge in [-0.2, -0.15) is 5.26 Å². The van der Waals surface area contributed by atoms with Crippen LogP contribution >= 0.6 is 0 Å². The molecule has 2 rings (SSSR count). The van der Waals surface area contributed by atoms with Gasteiger partial charge >= 0.3 is 0 Å². The van der Waals surface area contributed by atoms with Crippen molar-refractivity contribution in [2.45, 2.75) is 19.1 Å². The van der Waals surface area contributed by atoms with Crippen LogP contribution in [0.4, 0.5) is 4.39 Å². The Hall–Kier alpha value is -1.64. The summed E-state index contributed by atoms with van der Waals surface area (Å²) in [6, 6.07) is 2.98. The number of ether oxygens (including phenoxy) is 2. The quantitative estimate of drug-likeness (QED) is 0.856. The second kappa shape index (κ2) is 4.70. The van der Waals surface area contributed by atoms with Gasteiger partial charge in [-0.15, -0.1) is 0 Å². The maximum Gasteiger partial charge on any atom is 0.145 e. The smallest absolute Gasteiger partial charge is 0.145 e. The monoisotopic (exact) mass is 237 g/mol. The number of halogens is 1. The number of rotatable bonds is 3. The Labute approximate surface area is 98.2 Å². The van der Waals surface area contributed by atoms with Crippen LogP contribution in [-0.4, -0.2) is 24.9 Å². The summed E-state index contributed by atoms with van der Waals surface area (Å²) in [7, 11) is 1.55. The first kappa shape index (κ1) is 11.8. The molecule has 1 atom stereocenters. The van der Waals surface area contributed by atoms with E-state index in [2.05, 4.69) is 0 Å². The van der Waals surface area contributed by atoms with E-state index in [0.717, 1.165) is 0 Å². The van der Waals surface area contributed by atoms with E-state index in [9.17, 15) is 4.39 Å². The number of fused-ring (bicyclic) bond motifs is 1. The molecule has 0 aliphatic carbocycles. The van der Waals surface area contributed by atoms with Crippen molar-refractivity contribution in [3.63, 3.8) is 0 Å². The number of hydrogen-bond acceptors (Lipinski definition) is 4. The molecule has 4 nitrogen and oxygen atoms in total. The van der Waals surface area contributed by atoms with E-state index in [0.29, 0.717) is 24.2 Å². The fraction of sp³-hybridized carbons (Fsp3) is 0.417. The first-order chi connectivity index (χ1) is 8.21. The van der Waals surface area contributed by atoms with Crippen LogP contribution in [0.15, 0.2) is 6.07 Å². The molecule has 0 fully saturated rings. The zero-order chi connectivity index (χ0) is 12.4. The van der Waals surface area contributed by atoms with Gasteiger partial charge in [-0.05, 0) is 11.6 Å². The van der Waals surface area contributed by atoms with Gasteiger partial charge < -0.3 is 14.6 Å². The summed E-state index contributed by atoms with van der Waals surface area (Å²) in [5, 5.41) is 18.1. The lowest BCUT2D eigenvalue weighted by Crippen LogP contribution is -2.19. The molecule has 0 saturated carbocycles. The minimum atomic E-state index is -0.659. The van der Waals surface area contributed by atoms with Crippen molar-refractivity contribution in [2.24, 2.45) is 0 Å². The third-order valence-electron chi connectivity index (χ3n) is 2.78. The molecule has 1 heterocycles. The van der Waals surface area contributed by atoms with E-state index in [-0.39, 0.29) is 24.0 Å². The van der Waals surface area contributed by atoms with Crippen LogP contribution in [0.1, 0.15) is 16.7 Å². The van der Waals surface area contributed by atoms with Gasteiger partial charge in [0.2, 0.25) is 0 Å². The minimum Gasteiger partial charge on any atom is -0.486 e. The van der Waals surface area contributed by atoms with Gasteiger partial charge in [0.05, 0.1) is 13.2 Å². The fourth-order valence-electron chi connectivity index (χ4n) is 2.03. The molecule has 0 radical (unpaired) electrons. The molecule has 0 bridgehead atoms. The standard InChI is InChI=1S/C12H12FNO3/c1-16-6-8-3-9-7(5-15)2-11(13)10(4-14)12(9)17-8/h2,8,15H,3,5-6H2,1H3. The van der Waals surface area contributed by atoms with Crippen LogP contribution in [0.2, 0.25) is 0 Å². The molecule has 1 aromatic carbocycles. The SMILES string of the molecule is COCC1Cc2c(CO)cc(F)c(C#N)c2O1. The van der Waals surface area contributed by atoms with Gasteiger partial charge in [-0.1, -0.05) is 0 Å². The Morgan fingerprint density at radius 1 is 1.71 bits per heavy atom. The number of nitrogens with zero attached hydrogens (tertiary/aromatic N) is 1. The van der Waals surface area contributed by atoms with E-state index in [4.69, 9.17) is 19.8 Å². The number of benzene rings is 1. The summed E-state index contributed by atoms with van der Waals surface area (Å²) in [5.41, 5.74) is 1.07. The van der Waals surface area contributed by atoms with E-state index >= 15 is 0 Å². The van der Waals surface area contributed by atoms with E-state index in [1.165, 1.54) is 6.07 Å². The first-order valence-corrected chi connectivity index (χ1v) is 5.22.